The van der Waals surface area contributed by atoms with Gasteiger partial charge in [0.25, 0.3) is 0 Å². The van der Waals surface area contributed by atoms with Crippen LogP contribution in [-0.2, 0) is 6.42 Å². The summed E-state index contributed by atoms with van der Waals surface area (Å²) >= 11 is 0. The van der Waals surface area contributed by atoms with Crippen molar-refractivity contribution < 1.29 is 4.79 Å². The minimum absolute atomic E-state index is 0.105. The number of rotatable bonds is 18. The fourth-order valence-electron chi connectivity index (χ4n) is 3.57. The van der Waals surface area contributed by atoms with Gasteiger partial charge in [-0.15, -0.1) is 0 Å². The molecule has 0 atom stereocenters. The predicted octanol–water partition coefficient (Wildman–Crippen LogP) is 8.41. The second-order valence-corrected chi connectivity index (χ2v) is 8.37. The van der Waals surface area contributed by atoms with Crippen LogP contribution in [0.3, 0.4) is 0 Å². The number of nitrogens with one attached hydrogen (secondary N) is 2. The first-order chi connectivity index (χ1) is 14.8. The summed E-state index contributed by atoms with van der Waals surface area (Å²) in [5.41, 5.74) is 2.14. The summed E-state index contributed by atoms with van der Waals surface area (Å²) < 4.78 is 0. The fraction of sp³-hybridized carbons (Fsp3) is 0.667. The summed E-state index contributed by atoms with van der Waals surface area (Å²) in [6.45, 7) is 5.15. The highest BCUT2D eigenvalue weighted by atomic mass is 16.2. The van der Waals surface area contributed by atoms with Crippen molar-refractivity contribution in [2.45, 2.75) is 110 Å². The van der Waals surface area contributed by atoms with E-state index in [9.17, 15) is 4.79 Å². The SMILES string of the molecule is CCCCCCCC/C=C\CCCCCCCCNC(=O)Nc1ccc(CC)cc1. The maximum absolute atomic E-state index is 11.9. The predicted molar refractivity (Wildman–Crippen MR) is 132 cm³/mol. The van der Waals surface area contributed by atoms with Gasteiger partial charge in [0.1, 0.15) is 0 Å². The summed E-state index contributed by atoms with van der Waals surface area (Å²) in [5.74, 6) is 0. The summed E-state index contributed by atoms with van der Waals surface area (Å²) in [6.07, 6.45) is 24.0. The second kappa shape index (κ2) is 19.2. The fourth-order valence-corrected chi connectivity index (χ4v) is 3.57. The molecular weight excluding hydrogens is 368 g/mol. The maximum Gasteiger partial charge on any atom is 0.319 e. The molecule has 0 bridgehead atoms. The van der Waals surface area contributed by atoms with Crippen LogP contribution >= 0.6 is 0 Å². The minimum Gasteiger partial charge on any atom is -0.338 e. The van der Waals surface area contributed by atoms with Crippen LogP contribution in [0.5, 0.6) is 0 Å². The molecule has 1 aromatic carbocycles. The molecule has 1 aromatic rings. The van der Waals surface area contributed by atoms with Gasteiger partial charge in [-0.3, -0.25) is 0 Å². The molecule has 0 saturated heterocycles. The third-order valence-corrected chi connectivity index (χ3v) is 5.59. The van der Waals surface area contributed by atoms with E-state index in [4.69, 9.17) is 0 Å². The summed E-state index contributed by atoms with van der Waals surface area (Å²) in [7, 11) is 0. The van der Waals surface area contributed by atoms with E-state index in [1.165, 1.54) is 89.0 Å². The molecule has 0 aliphatic rings. The van der Waals surface area contributed by atoms with Crippen molar-refractivity contribution >= 4 is 11.7 Å². The van der Waals surface area contributed by atoms with E-state index in [-0.39, 0.29) is 6.03 Å². The van der Waals surface area contributed by atoms with E-state index in [1.54, 1.807) is 0 Å². The lowest BCUT2D eigenvalue weighted by molar-refractivity contribution is 0.252. The van der Waals surface area contributed by atoms with Gasteiger partial charge in [0.15, 0.2) is 0 Å². The van der Waals surface area contributed by atoms with E-state index in [0.717, 1.165) is 25.1 Å². The Balaban J connectivity index is 1.84. The third kappa shape index (κ3) is 15.1. The van der Waals surface area contributed by atoms with Crippen LogP contribution in [0.4, 0.5) is 10.5 Å². The number of anilines is 1. The Morgan fingerprint density at radius 2 is 1.27 bits per heavy atom. The van der Waals surface area contributed by atoms with Gasteiger partial charge in [0.05, 0.1) is 0 Å². The standard InChI is InChI=1S/C27H46N2O/c1-3-5-6-7-8-9-10-11-12-13-14-15-16-17-18-19-24-28-27(30)29-26-22-20-25(4-2)21-23-26/h11-12,20-23H,3-10,13-19,24H2,1-2H3,(H2,28,29,30)/b12-11-. The topological polar surface area (TPSA) is 41.1 Å². The summed E-state index contributed by atoms with van der Waals surface area (Å²) in [6, 6.07) is 7.93. The minimum atomic E-state index is -0.105. The van der Waals surface area contributed by atoms with Crippen molar-refractivity contribution in [3.8, 4) is 0 Å². The van der Waals surface area contributed by atoms with E-state index in [2.05, 4.69) is 48.8 Å². The highest BCUT2D eigenvalue weighted by Crippen LogP contribution is 2.11. The maximum atomic E-state index is 11.9. The molecule has 0 aromatic heterocycles. The zero-order chi connectivity index (χ0) is 21.7. The molecule has 1 rings (SSSR count). The summed E-state index contributed by atoms with van der Waals surface area (Å²) in [4.78, 5) is 11.9. The Labute approximate surface area is 186 Å². The van der Waals surface area contributed by atoms with E-state index >= 15 is 0 Å². The average molecular weight is 415 g/mol. The largest absolute Gasteiger partial charge is 0.338 e. The normalized spacial score (nSPS) is 11.1. The van der Waals surface area contributed by atoms with Gasteiger partial charge in [0, 0.05) is 12.2 Å². The number of unbranched alkanes of at least 4 members (excludes halogenated alkanes) is 12. The highest BCUT2D eigenvalue weighted by Gasteiger charge is 2.01. The van der Waals surface area contributed by atoms with Crippen molar-refractivity contribution in [3.05, 3.63) is 42.0 Å². The number of hydrogen-bond acceptors (Lipinski definition) is 1. The molecule has 0 aliphatic carbocycles. The molecule has 0 fully saturated rings. The van der Waals surface area contributed by atoms with Gasteiger partial charge < -0.3 is 10.6 Å². The molecular formula is C27H46N2O. The van der Waals surface area contributed by atoms with Crippen LogP contribution in [0.2, 0.25) is 0 Å². The lowest BCUT2D eigenvalue weighted by Crippen LogP contribution is -2.29. The molecule has 2 amide bonds. The lowest BCUT2D eigenvalue weighted by atomic mass is 10.1. The monoisotopic (exact) mass is 414 g/mol. The number of allylic oxidation sites excluding steroid dienone is 2. The molecule has 0 radical (unpaired) electrons. The van der Waals surface area contributed by atoms with Crippen molar-refractivity contribution in [1.82, 2.24) is 5.32 Å². The molecule has 3 heteroatoms. The van der Waals surface area contributed by atoms with Gasteiger partial charge in [-0.2, -0.15) is 0 Å². The summed E-state index contributed by atoms with van der Waals surface area (Å²) in [5, 5.41) is 5.84. The Hall–Kier alpha value is -1.77. The molecule has 0 unspecified atom stereocenters. The zero-order valence-corrected chi connectivity index (χ0v) is 19.7. The highest BCUT2D eigenvalue weighted by molar-refractivity contribution is 5.89. The third-order valence-electron chi connectivity index (χ3n) is 5.59. The number of benzene rings is 1. The zero-order valence-electron chi connectivity index (χ0n) is 19.7. The molecule has 0 spiro atoms. The Morgan fingerprint density at radius 1 is 0.733 bits per heavy atom. The Kier molecular flexibility index (Phi) is 16.8. The van der Waals surface area contributed by atoms with E-state index in [0.29, 0.717) is 0 Å². The van der Waals surface area contributed by atoms with Crippen LogP contribution in [0.25, 0.3) is 0 Å². The molecule has 170 valence electrons. The van der Waals surface area contributed by atoms with Crippen molar-refractivity contribution in [1.29, 1.82) is 0 Å². The first-order valence-electron chi connectivity index (χ1n) is 12.5. The number of carbonyl (C=O) groups excluding carboxylic acids is 1. The van der Waals surface area contributed by atoms with Crippen molar-refractivity contribution in [2.24, 2.45) is 0 Å². The Bertz CT molecular complexity index is 550. The van der Waals surface area contributed by atoms with Crippen molar-refractivity contribution in [3.63, 3.8) is 0 Å². The molecule has 30 heavy (non-hydrogen) atoms. The Morgan fingerprint density at radius 3 is 1.83 bits per heavy atom. The van der Waals surface area contributed by atoms with Crippen LogP contribution in [-0.4, -0.2) is 12.6 Å². The number of urea groups is 1. The molecule has 0 heterocycles. The molecule has 0 saturated carbocycles. The van der Waals surface area contributed by atoms with Crippen molar-refractivity contribution in [2.75, 3.05) is 11.9 Å². The molecule has 3 nitrogen and oxygen atoms in total. The van der Waals surface area contributed by atoms with Gasteiger partial charge in [-0.25, -0.2) is 4.79 Å². The van der Waals surface area contributed by atoms with Gasteiger partial charge in [-0.05, 0) is 56.2 Å². The van der Waals surface area contributed by atoms with Gasteiger partial charge in [-0.1, -0.05) is 95.9 Å². The van der Waals surface area contributed by atoms with Crippen LogP contribution in [0.1, 0.15) is 109 Å². The number of aryl methyl sites for hydroxylation is 1. The number of amides is 2. The van der Waals surface area contributed by atoms with E-state index < -0.39 is 0 Å². The number of hydrogen-bond donors (Lipinski definition) is 2. The average Bonchev–Trinajstić information content (AvgIpc) is 2.76. The molecule has 0 aliphatic heterocycles. The van der Waals surface area contributed by atoms with Gasteiger partial charge in [0.2, 0.25) is 0 Å². The van der Waals surface area contributed by atoms with Gasteiger partial charge >= 0.3 is 6.03 Å². The second-order valence-electron chi connectivity index (χ2n) is 8.37. The molecule has 2 N–H and O–H groups in total. The van der Waals surface area contributed by atoms with Crippen LogP contribution in [0, 0.1) is 0 Å². The number of carbonyl (C=O) groups is 1. The quantitative estimate of drug-likeness (QED) is 0.184. The van der Waals surface area contributed by atoms with Crippen LogP contribution < -0.4 is 10.6 Å². The first kappa shape index (κ1) is 26.3. The lowest BCUT2D eigenvalue weighted by Gasteiger charge is -2.08. The first-order valence-corrected chi connectivity index (χ1v) is 12.5. The van der Waals surface area contributed by atoms with E-state index in [1.807, 2.05) is 12.1 Å². The van der Waals surface area contributed by atoms with Crippen LogP contribution in [0.15, 0.2) is 36.4 Å². The smallest absolute Gasteiger partial charge is 0.319 e.